The largest absolute Gasteiger partial charge is 0.483 e. The Kier molecular flexibility index (Phi) is 7.63. The lowest BCUT2D eigenvalue weighted by Gasteiger charge is -2.28. The van der Waals surface area contributed by atoms with E-state index in [9.17, 15) is 0 Å². The number of carboxylic acid groups (broad SMARTS) is 1. The predicted molar refractivity (Wildman–Crippen MR) is 121 cm³/mol. The molecular weight excluding hydrogens is 430 g/mol. The third-order valence-corrected chi connectivity index (χ3v) is 7.08. The number of nitrogens with two attached hydrogens (primary N) is 1. The summed E-state index contributed by atoms with van der Waals surface area (Å²) in [5.41, 5.74) is 9.29. The molecule has 9 heteroatoms. The summed E-state index contributed by atoms with van der Waals surface area (Å²) >= 11 is 9.79. The van der Waals surface area contributed by atoms with E-state index in [1.165, 1.54) is 9.75 Å². The van der Waals surface area contributed by atoms with Gasteiger partial charge in [-0.2, -0.15) is 0 Å². The van der Waals surface area contributed by atoms with Gasteiger partial charge < -0.3 is 20.9 Å². The van der Waals surface area contributed by atoms with Gasteiger partial charge >= 0.3 is 0 Å². The van der Waals surface area contributed by atoms with Crippen molar-refractivity contribution < 1.29 is 14.6 Å². The van der Waals surface area contributed by atoms with Crippen molar-refractivity contribution in [1.82, 2.24) is 4.98 Å². The summed E-state index contributed by atoms with van der Waals surface area (Å²) in [6, 6.07) is 6.07. The van der Waals surface area contributed by atoms with Gasteiger partial charge in [0.25, 0.3) is 6.47 Å². The molecule has 0 aliphatic carbocycles. The molecule has 0 saturated carbocycles. The Labute approximate surface area is 182 Å². The number of aromatic nitrogens is 1. The highest BCUT2D eigenvalue weighted by Crippen LogP contribution is 2.43. The van der Waals surface area contributed by atoms with Crippen LogP contribution in [0.4, 0.5) is 5.69 Å². The van der Waals surface area contributed by atoms with Crippen LogP contribution in [0.1, 0.15) is 27.7 Å². The van der Waals surface area contributed by atoms with Crippen LogP contribution in [0.5, 0.6) is 0 Å². The minimum Gasteiger partial charge on any atom is -0.483 e. The zero-order valence-corrected chi connectivity index (χ0v) is 18.0. The lowest BCUT2D eigenvalue weighted by atomic mass is 9.91. The van der Waals surface area contributed by atoms with Crippen molar-refractivity contribution >= 4 is 62.7 Å². The molecule has 2 atom stereocenters. The van der Waals surface area contributed by atoms with Crippen molar-refractivity contribution in [2.24, 2.45) is 5.73 Å². The second kappa shape index (κ2) is 10.2. The van der Waals surface area contributed by atoms with Gasteiger partial charge in [0.15, 0.2) is 0 Å². The quantitative estimate of drug-likeness (QED) is 0.381. The fourth-order valence-electron chi connectivity index (χ4n) is 3.35. The van der Waals surface area contributed by atoms with Crippen LogP contribution in [0, 0.1) is 0 Å². The number of anilines is 1. The third-order valence-electron chi connectivity index (χ3n) is 4.65. The highest BCUT2D eigenvalue weighted by molar-refractivity contribution is 7.20. The number of nitrogens with one attached hydrogen (secondary N) is 1. The number of nitrogens with zero attached hydrogens (tertiary/aromatic N) is 1. The van der Waals surface area contributed by atoms with Crippen molar-refractivity contribution in [3.05, 3.63) is 50.6 Å². The topological polar surface area (TPSA) is 97.5 Å². The van der Waals surface area contributed by atoms with E-state index in [1.54, 1.807) is 22.7 Å². The zero-order valence-electron chi connectivity index (χ0n) is 15.6. The molecule has 4 N–H and O–H groups in total. The number of rotatable bonds is 5. The lowest BCUT2D eigenvalue weighted by Crippen LogP contribution is -2.37. The van der Waals surface area contributed by atoms with E-state index >= 15 is 0 Å². The molecule has 0 unspecified atom stereocenters. The number of thiophene rings is 2. The minimum atomic E-state index is -0.250. The van der Waals surface area contributed by atoms with Gasteiger partial charge in [0.2, 0.25) is 0 Å². The van der Waals surface area contributed by atoms with E-state index in [0.29, 0.717) is 11.8 Å². The Hall–Kier alpha value is -1.97. The summed E-state index contributed by atoms with van der Waals surface area (Å²) in [5.74, 6) is 0.264. The summed E-state index contributed by atoms with van der Waals surface area (Å²) < 4.78 is 6.62. The normalized spacial score (nSPS) is 18.7. The van der Waals surface area contributed by atoms with E-state index in [-0.39, 0.29) is 18.4 Å². The van der Waals surface area contributed by atoms with Gasteiger partial charge in [0, 0.05) is 46.5 Å². The standard InChI is InChI=1S/C19H20ClN3OS2.CH2O2/c1-2-12-17-19(26-18(12)13-5-6-24-10-14(13)21)15(8-16(20)23-17)22-9-11-4-3-7-25-11;2-1-3/h2-4,7-8,13-14H,1,5-6,9-10,21H2,(H,22,23);1H,(H,2,3)/t13-,14-;/m0./s1. The fourth-order valence-corrected chi connectivity index (χ4v) is 5.64. The molecular formula is C20H22ClN3O3S2. The molecule has 1 saturated heterocycles. The van der Waals surface area contributed by atoms with Crippen molar-refractivity contribution in [2.75, 3.05) is 18.5 Å². The second-order valence-electron chi connectivity index (χ2n) is 6.43. The van der Waals surface area contributed by atoms with E-state index in [1.807, 2.05) is 12.1 Å². The van der Waals surface area contributed by atoms with Crippen LogP contribution in [0.25, 0.3) is 16.3 Å². The van der Waals surface area contributed by atoms with Gasteiger partial charge in [-0.1, -0.05) is 30.3 Å². The van der Waals surface area contributed by atoms with Crippen LogP contribution < -0.4 is 11.1 Å². The van der Waals surface area contributed by atoms with Crippen LogP contribution in [0.3, 0.4) is 0 Å². The average Bonchev–Trinajstić information content (AvgIpc) is 3.34. The van der Waals surface area contributed by atoms with E-state index < -0.39 is 0 Å². The molecule has 0 bridgehead atoms. The lowest BCUT2D eigenvalue weighted by molar-refractivity contribution is -0.122. The Morgan fingerprint density at radius 2 is 2.31 bits per heavy atom. The van der Waals surface area contributed by atoms with Gasteiger partial charge in [-0.25, -0.2) is 4.98 Å². The number of hydrogen-bond donors (Lipinski definition) is 3. The van der Waals surface area contributed by atoms with E-state index in [2.05, 4.69) is 34.4 Å². The molecule has 0 spiro atoms. The first-order valence-corrected chi connectivity index (χ1v) is 11.1. The molecule has 3 aromatic rings. The molecule has 29 heavy (non-hydrogen) atoms. The Morgan fingerprint density at radius 3 is 2.97 bits per heavy atom. The average molecular weight is 452 g/mol. The molecule has 3 aromatic heterocycles. The number of hydrogen-bond acceptors (Lipinski definition) is 7. The summed E-state index contributed by atoms with van der Waals surface area (Å²) in [6.45, 7) is 5.85. The van der Waals surface area contributed by atoms with Crippen molar-refractivity contribution in [2.45, 2.75) is 24.9 Å². The van der Waals surface area contributed by atoms with Crippen LogP contribution >= 0.6 is 34.3 Å². The summed E-state index contributed by atoms with van der Waals surface area (Å²) in [4.78, 5) is 15.5. The molecule has 4 heterocycles. The number of fused-ring (bicyclic) bond motifs is 1. The van der Waals surface area contributed by atoms with E-state index in [0.717, 1.165) is 41.0 Å². The first kappa shape index (κ1) is 21.7. The Morgan fingerprint density at radius 1 is 1.52 bits per heavy atom. The Balaban J connectivity index is 0.000000755. The molecule has 4 rings (SSSR count). The SMILES string of the molecule is C=Cc1c([C@H]2CCOC[C@@H]2N)sc2c(NCc3cccs3)cc(Cl)nc12.O=CO. The van der Waals surface area contributed by atoms with Crippen LogP contribution in [-0.2, 0) is 16.1 Å². The molecule has 0 amide bonds. The van der Waals surface area contributed by atoms with Crippen LogP contribution in [0.2, 0.25) is 5.15 Å². The molecule has 1 fully saturated rings. The number of halogens is 1. The second-order valence-corrected chi connectivity index (χ2v) is 8.90. The van der Waals surface area contributed by atoms with Crippen LogP contribution in [0.15, 0.2) is 30.2 Å². The molecule has 154 valence electrons. The summed E-state index contributed by atoms with van der Waals surface area (Å²) in [7, 11) is 0. The maximum absolute atomic E-state index is 8.36. The Bertz CT molecular complexity index is 975. The molecule has 0 aromatic carbocycles. The van der Waals surface area contributed by atoms with Crippen LogP contribution in [-0.4, -0.2) is 35.8 Å². The van der Waals surface area contributed by atoms with Gasteiger partial charge in [-0.3, -0.25) is 4.79 Å². The number of ether oxygens (including phenoxy) is 1. The zero-order chi connectivity index (χ0) is 20.8. The third kappa shape index (κ3) is 4.96. The van der Waals surface area contributed by atoms with Crippen molar-refractivity contribution in [1.29, 1.82) is 0 Å². The number of pyridine rings is 1. The van der Waals surface area contributed by atoms with Gasteiger partial charge in [0.05, 0.1) is 22.5 Å². The number of carbonyl (C=O) groups is 1. The maximum atomic E-state index is 8.36. The monoisotopic (exact) mass is 451 g/mol. The highest BCUT2D eigenvalue weighted by atomic mass is 35.5. The highest BCUT2D eigenvalue weighted by Gasteiger charge is 2.29. The smallest absolute Gasteiger partial charge is 0.290 e. The van der Waals surface area contributed by atoms with Crippen molar-refractivity contribution in [3.63, 3.8) is 0 Å². The molecule has 0 radical (unpaired) electrons. The molecule has 1 aliphatic rings. The summed E-state index contributed by atoms with van der Waals surface area (Å²) in [5, 5.41) is 13.0. The predicted octanol–water partition coefficient (Wildman–Crippen LogP) is 4.80. The molecule has 6 nitrogen and oxygen atoms in total. The summed E-state index contributed by atoms with van der Waals surface area (Å²) in [6.07, 6.45) is 2.79. The molecule has 1 aliphatic heterocycles. The van der Waals surface area contributed by atoms with Gasteiger partial charge in [-0.05, 0) is 17.9 Å². The van der Waals surface area contributed by atoms with Gasteiger partial charge in [0.1, 0.15) is 5.15 Å². The minimum absolute atomic E-state index is 0.00601. The first-order valence-electron chi connectivity index (χ1n) is 9.01. The van der Waals surface area contributed by atoms with Crippen molar-refractivity contribution in [3.8, 4) is 0 Å². The van der Waals surface area contributed by atoms with E-state index in [4.69, 9.17) is 32.0 Å². The fraction of sp³-hybridized carbons (Fsp3) is 0.300. The van der Waals surface area contributed by atoms with Gasteiger partial charge in [-0.15, -0.1) is 22.7 Å². The first-order chi connectivity index (χ1) is 14.1. The maximum Gasteiger partial charge on any atom is 0.290 e.